The van der Waals surface area contributed by atoms with Crippen LogP contribution in [0.5, 0.6) is 0 Å². The Morgan fingerprint density at radius 2 is 1.88 bits per heavy atom. The van der Waals surface area contributed by atoms with Crippen LogP contribution < -0.4 is 5.32 Å². The number of carbonyl (C=O) groups excluding carboxylic acids is 1. The summed E-state index contributed by atoms with van der Waals surface area (Å²) in [6, 6.07) is 10.4. The number of carbonyl (C=O) groups is 1. The van der Waals surface area contributed by atoms with Crippen LogP contribution in [0.15, 0.2) is 42.5 Å². The second-order valence-corrected chi connectivity index (χ2v) is 6.60. The molecule has 0 saturated carbocycles. The average molecular weight is 360 g/mol. The van der Waals surface area contributed by atoms with Crippen molar-refractivity contribution in [1.29, 1.82) is 0 Å². The lowest BCUT2D eigenvalue weighted by Crippen LogP contribution is -2.39. The number of ether oxygens (including phenoxy) is 1. The molecular weight excluding hydrogens is 338 g/mol. The third-order valence-electron chi connectivity index (χ3n) is 4.41. The van der Waals surface area contributed by atoms with Gasteiger partial charge in [-0.1, -0.05) is 30.3 Å². The van der Waals surface area contributed by atoms with Gasteiger partial charge in [-0.2, -0.15) is 0 Å². The van der Waals surface area contributed by atoms with Crippen LogP contribution in [-0.4, -0.2) is 36.2 Å². The molecule has 2 aromatic rings. The summed E-state index contributed by atoms with van der Waals surface area (Å²) in [6.45, 7) is 4.79. The van der Waals surface area contributed by atoms with Crippen LogP contribution in [0.25, 0.3) is 11.1 Å². The van der Waals surface area contributed by atoms with Crippen LogP contribution >= 0.6 is 0 Å². The smallest absolute Gasteiger partial charge is 0.322 e. The molecule has 2 aromatic carbocycles. The molecule has 1 fully saturated rings. The zero-order valence-corrected chi connectivity index (χ0v) is 14.8. The number of nitrogens with one attached hydrogen (secondary N) is 1. The van der Waals surface area contributed by atoms with E-state index < -0.39 is 17.7 Å². The normalized spacial score (nSPS) is 20.5. The van der Waals surface area contributed by atoms with E-state index in [4.69, 9.17) is 4.74 Å². The van der Waals surface area contributed by atoms with E-state index in [1.165, 1.54) is 6.07 Å². The molecule has 1 saturated heterocycles. The van der Waals surface area contributed by atoms with E-state index in [1.807, 2.05) is 19.9 Å². The first-order valence-electron chi connectivity index (χ1n) is 8.70. The molecule has 1 heterocycles. The number of hydrogen-bond acceptors (Lipinski definition) is 2. The molecule has 2 amide bonds. The average Bonchev–Trinajstić information content (AvgIpc) is 2.78. The summed E-state index contributed by atoms with van der Waals surface area (Å²) in [6.07, 6.45) is 0.657. The number of hydrogen-bond donors (Lipinski definition) is 1. The predicted octanol–water partition coefficient (Wildman–Crippen LogP) is 4.66. The van der Waals surface area contributed by atoms with Gasteiger partial charge in [0.25, 0.3) is 0 Å². The Bertz CT molecular complexity index is 783. The zero-order chi connectivity index (χ0) is 18.7. The standard InChI is InChI=1S/C20H22F2N2O2/c1-13-8-9-24(12-14(2)26-13)20(25)23-19-17(10-16(21)11-18(19)22)15-6-4-3-5-7-15/h3-7,10-11,13-14H,8-9,12H2,1-2H3,(H,23,25)/t13-,14+/m1/s1. The minimum atomic E-state index is -0.801. The summed E-state index contributed by atoms with van der Waals surface area (Å²) in [7, 11) is 0. The Balaban J connectivity index is 1.88. The number of anilines is 1. The predicted molar refractivity (Wildman–Crippen MR) is 97.0 cm³/mol. The Morgan fingerprint density at radius 1 is 1.15 bits per heavy atom. The van der Waals surface area contributed by atoms with Crippen molar-refractivity contribution in [1.82, 2.24) is 4.90 Å². The molecule has 1 aliphatic heterocycles. The van der Waals surface area contributed by atoms with E-state index >= 15 is 0 Å². The quantitative estimate of drug-likeness (QED) is 0.846. The number of halogens is 2. The van der Waals surface area contributed by atoms with Crippen LogP contribution in [0.4, 0.5) is 19.3 Å². The maximum atomic E-state index is 14.4. The third-order valence-corrected chi connectivity index (χ3v) is 4.41. The lowest BCUT2D eigenvalue weighted by Gasteiger charge is -2.23. The second-order valence-electron chi connectivity index (χ2n) is 6.60. The topological polar surface area (TPSA) is 41.6 Å². The molecule has 1 aliphatic rings. The monoisotopic (exact) mass is 360 g/mol. The molecule has 0 unspecified atom stereocenters. The van der Waals surface area contributed by atoms with Crippen molar-refractivity contribution in [3.63, 3.8) is 0 Å². The Morgan fingerprint density at radius 3 is 2.62 bits per heavy atom. The second kappa shape index (κ2) is 7.83. The maximum absolute atomic E-state index is 14.4. The summed E-state index contributed by atoms with van der Waals surface area (Å²) < 4.78 is 33.9. The van der Waals surface area contributed by atoms with E-state index in [0.717, 1.165) is 6.07 Å². The van der Waals surface area contributed by atoms with Gasteiger partial charge in [-0.25, -0.2) is 13.6 Å². The number of rotatable bonds is 2. The molecule has 0 aliphatic carbocycles. The minimum Gasteiger partial charge on any atom is -0.374 e. The summed E-state index contributed by atoms with van der Waals surface area (Å²) in [4.78, 5) is 14.3. The van der Waals surface area contributed by atoms with Gasteiger partial charge in [0.15, 0.2) is 0 Å². The van der Waals surface area contributed by atoms with Gasteiger partial charge < -0.3 is 15.0 Å². The fourth-order valence-electron chi connectivity index (χ4n) is 3.16. The lowest BCUT2D eigenvalue weighted by atomic mass is 10.0. The van der Waals surface area contributed by atoms with E-state index in [-0.39, 0.29) is 17.9 Å². The molecule has 0 radical (unpaired) electrons. The Hall–Kier alpha value is -2.47. The molecule has 0 spiro atoms. The van der Waals surface area contributed by atoms with Crippen molar-refractivity contribution in [3.8, 4) is 11.1 Å². The molecule has 138 valence electrons. The first-order chi connectivity index (χ1) is 12.4. The van der Waals surface area contributed by atoms with Crippen LogP contribution in [0.2, 0.25) is 0 Å². The highest BCUT2D eigenvalue weighted by Gasteiger charge is 2.25. The molecule has 4 nitrogen and oxygen atoms in total. The fraction of sp³-hybridized carbons (Fsp3) is 0.350. The first-order valence-corrected chi connectivity index (χ1v) is 8.70. The van der Waals surface area contributed by atoms with Gasteiger partial charge in [0.2, 0.25) is 0 Å². The molecular formula is C20H22F2N2O2. The molecule has 3 rings (SSSR count). The highest BCUT2D eigenvalue weighted by Crippen LogP contribution is 2.31. The lowest BCUT2D eigenvalue weighted by molar-refractivity contribution is 0.0162. The summed E-state index contributed by atoms with van der Waals surface area (Å²) in [5.74, 6) is -1.49. The summed E-state index contributed by atoms with van der Waals surface area (Å²) in [5, 5.41) is 2.63. The molecule has 0 aromatic heterocycles. The van der Waals surface area contributed by atoms with Crippen LogP contribution in [-0.2, 0) is 4.74 Å². The molecule has 2 atom stereocenters. The van der Waals surface area contributed by atoms with E-state index in [1.54, 1.807) is 29.2 Å². The van der Waals surface area contributed by atoms with Gasteiger partial charge in [0, 0.05) is 24.7 Å². The minimum absolute atomic E-state index is 0.0199. The van der Waals surface area contributed by atoms with Crippen molar-refractivity contribution < 1.29 is 18.3 Å². The van der Waals surface area contributed by atoms with Crippen molar-refractivity contribution >= 4 is 11.7 Å². The largest absolute Gasteiger partial charge is 0.374 e. The summed E-state index contributed by atoms with van der Waals surface area (Å²) in [5.41, 5.74) is 0.916. The molecule has 6 heteroatoms. The molecule has 1 N–H and O–H groups in total. The van der Waals surface area contributed by atoms with Crippen molar-refractivity contribution in [2.75, 3.05) is 18.4 Å². The number of nitrogens with zero attached hydrogens (tertiary/aromatic N) is 1. The van der Waals surface area contributed by atoms with Gasteiger partial charge in [0.1, 0.15) is 11.6 Å². The number of urea groups is 1. The fourth-order valence-corrected chi connectivity index (χ4v) is 3.16. The van der Waals surface area contributed by atoms with E-state index in [2.05, 4.69) is 5.32 Å². The Labute approximate surface area is 151 Å². The SMILES string of the molecule is C[C@@H]1CCN(C(=O)Nc2c(F)cc(F)cc2-c2ccccc2)C[C@H](C)O1. The zero-order valence-electron chi connectivity index (χ0n) is 14.8. The van der Waals surface area contributed by atoms with Gasteiger partial charge in [-0.15, -0.1) is 0 Å². The van der Waals surface area contributed by atoms with Crippen molar-refractivity contribution in [2.45, 2.75) is 32.5 Å². The first kappa shape index (κ1) is 18.3. The number of benzene rings is 2. The highest BCUT2D eigenvalue weighted by molar-refractivity contribution is 5.94. The Kier molecular flexibility index (Phi) is 5.52. The molecule has 26 heavy (non-hydrogen) atoms. The highest BCUT2D eigenvalue weighted by atomic mass is 19.1. The van der Waals surface area contributed by atoms with Crippen LogP contribution in [0.1, 0.15) is 20.3 Å². The van der Waals surface area contributed by atoms with Gasteiger partial charge in [-0.05, 0) is 31.9 Å². The van der Waals surface area contributed by atoms with Gasteiger partial charge in [0.05, 0.1) is 17.9 Å². The third kappa shape index (κ3) is 4.19. The van der Waals surface area contributed by atoms with Crippen molar-refractivity contribution in [3.05, 3.63) is 54.1 Å². The van der Waals surface area contributed by atoms with E-state index in [0.29, 0.717) is 30.6 Å². The van der Waals surface area contributed by atoms with Crippen LogP contribution in [0.3, 0.4) is 0 Å². The van der Waals surface area contributed by atoms with Gasteiger partial charge in [-0.3, -0.25) is 0 Å². The van der Waals surface area contributed by atoms with Crippen molar-refractivity contribution in [2.24, 2.45) is 0 Å². The van der Waals surface area contributed by atoms with Crippen LogP contribution in [0, 0.1) is 11.6 Å². The van der Waals surface area contributed by atoms with E-state index in [9.17, 15) is 13.6 Å². The molecule has 0 bridgehead atoms. The maximum Gasteiger partial charge on any atom is 0.322 e. The number of amides is 2. The van der Waals surface area contributed by atoms with Gasteiger partial charge >= 0.3 is 6.03 Å². The summed E-state index contributed by atoms with van der Waals surface area (Å²) >= 11 is 0.